The molecule has 0 N–H and O–H groups in total. The number of pyridine rings is 1. The van der Waals surface area contributed by atoms with E-state index >= 15 is 0 Å². The van der Waals surface area contributed by atoms with Crippen molar-refractivity contribution in [3.63, 3.8) is 0 Å². The van der Waals surface area contributed by atoms with Gasteiger partial charge in [-0.2, -0.15) is 13.2 Å². The Morgan fingerprint density at radius 1 is 1.53 bits per heavy atom. The minimum absolute atomic E-state index is 0.0322. The lowest BCUT2D eigenvalue weighted by Gasteiger charge is -2.20. The summed E-state index contributed by atoms with van der Waals surface area (Å²) in [4.78, 5) is 15.2. The van der Waals surface area contributed by atoms with Gasteiger partial charge in [0.25, 0.3) is 0 Å². The summed E-state index contributed by atoms with van der Waals surface area (Å²) in [6, 6.07) is 2.91. The molecule has 1 aromatic rings. The quantitative estimate of drug-likeness (QED) is 0.726. The van der Waals surface area contributed by atoms with Crippen LogP contribution in [-0.4, -0.2) is 31.0 Å². The van der Waals surface area contributed by atoms with Gasteiger partial charge in [-0.15, -0.1) is 0 Å². The summed E-state index contributed by atoms with van der Waals surface area (Å²) in [6.45, 7) is -1.13. The third-order valence-corrected chi connectivity index (χ3v) is 1.72. The highest BCUT2D eigenvalue weighted by Gasteiger charge is 2.30. The zero-order chi connectivity index (χ0) is 11.5. The average molecular weight is 218 g/mol. The first-order chi connectivity index (χ1) is 6.94. The molecule has 0 spiro atoms. The molecule has 1 rings (SSSR count). The second-order valence-corrected chi connectivity index (χ2v) is 3.01. The van der Waals surface area contributed by atoms with Gasteiger partial charge in [0.05, 0.1) is 5.56 Å². The van der Waals surface area contributed by atoms with Crippen molar-refractivity contribution in [2.24, 2.45) is 0 Å². The van der Waals surface area contributed by atoms with E-state index in [1.807, 2.05) is 0 Å². The van der Waals surface area contributed by atoms with Gasteiger partial charge in [0.2, 0.25) is 0 Å². The number of nitrogens with zero attached hydrogens (tertiary/aromatic N) is 2. The van der Waals surface area contributed by atoms with Crippen molar-refractivity contribution in [2.45, 2.75) is 6.18 Å². The number of carbonyl (C=O) groups is 1. The predicted molar refractivity (Wildman–Crippen MR) is 48.9 cm³/mol. The highest BCUT2D eigenvalue weighted by atomic mass is 19.4. The standard InChI is InChI=1S/C9H9F3N2O/c1-14(6-9(10,11)12)8-7(5-15)3-2-4-13-8/h2-5H,6H2,1H3. The number of hydrogen-bond donors (Lipinski definition) is 0. The zero-order valence-electron chi connectivity index (χ0n) is 7.95. The van der Waals surface area contributed by atoms with E-state index in [-0.39, 0.29) is 11.4 Å². The van der Waals surface area contributed by atoms with Gasteiger partial charge < -0.3 is 4.90 Å². The molecule has 1 aromatic heterocycles. The highest BCUT2D eigenvalue weighted by Crippen LogP contribution is 2.20. The van der Waals surface area contributed by atoms with E-state index in [2.05, 4.69) is 4.98 Å². The van der Waals surface area contributed by atoms with Gasteiger partial charge in [-0.3, -0.25) is 4.79 Å². The number of halogens is 3. The largest absolute Gasteiger partial charge is 0.405 e. The molecule has 0 unspecified atom stereocenters. The van der Waals surface area contributed by atoms with Crippen LogP contribution >= 0.6 is 0 Å². The molecule has 0 fully saturated rings. The maximum atomic E-state index is 12.1. The van der Waals surface area contributed by atoms with Crippen LogP contribution in [0.15, 0.2) is 18.3 Å². The number of carbonyl (C=O) groups excluding carboxylic acids is 1. The summed E-state index contributed by atoms with van der Waals surface area (Å²) in [5.74, 6) is 0.0322. The molecule has 0 aliphatic carbocycles. The topological polar surface area (TPSA) is 33.2 Å². The Labute approximate surface area is 84.5 Å². The molecule has 0 aromatic carbocycles. The fourth-order valence-corrected chi connectivity index (χ4v) is 1.16. The fraction of sp³-hybridized carbons (Fsp3) is 0.333. The first kappa shape index (κ1) is 11.5. The minimum Gasteiger partial charge on any atom is -0.350 e. The van der Waals surface area contributed by atoms with Gasteiger partial charge in [0.15, 0.2) is 6.29 Å². The molecule has 15 heavy (non-hydrogen) atoms. The van der Waals surface area contributed by atoms with E-state index in [0.717, 1.165) is 4.90 Å². The number of hydrogen-bond acceptors (Lipinski definition) is 3. The molecule has 0 aliphatic heterocycles. The summed E-state index contributed by atoms with van der Waals surface area (Å²) in [6.07, 6.45) is -2.49. The van der Waals surface area contributed by atoms with Crippen LogP contribution in [0, 0.1) is 0 Å². The molecule has 0 bridgehead atoms. The third-order valence-electron chi connectivity index (χ3n) is 1.72. The van der Waals surface area contributed by atoms with Crippen molar-refractivity contribution in [2.75, 3.05) is 18.5 Å². The van der Waals surface area contributed by atoms with E-state index in [1.54, 1.807) is 0 Å². The van der Waals surface area contributed by atoms with Crippen LogP contribution < -0.4 is 4.90 Å². The normalized spacial score (nSPS) is 11.2. The molecule has 0 amide bonds. The minimum atomic E-state index is -4.31. The maximum Gasteiger partial charge on any atom is 0.405 e. The Morgan fingerprint density at radius 2 is 2.20 bits per heavy atom. The van der Waals surface area contributed by atoms with Crippen molar-refractivity contribution in [1.29, 1.82) is 0 Å². The molecule has 0 saturated carbocycles. The smallest absolute Gasteiger partial charge is 0.350 e. The molecule has 1 heterocycles. The Bertz CT molecular complexity index is 351. The monoisotopic (exact) mass is 218 g/mol. The number of aromatic nitrogens is 1. The first-order valence-corrected chi connectivity index (χ1v) is 4.12. The fourth-order valence-electron chi connectivity index (χ4n) is 1.16. The van der Waals surface area contributed by atoms with Crippen LogP contribution in [0.2, 0.25) is 0 Å². The van der Waals surface area contributed by atoms with Crippen LogP contribution in [0.3, 0.4) is 0 Å². The summed E-state index contributed by atoms with van der Waals surface area (Å²) in [7, 11) is 1.24. The molecule has 6 heteroatoms. The van der Waals surface area contributed by atoms with E-state index in [0.29, 0.717) is 6.29 Å². The van der Waals surface area contributed by atoms with Crippen molar-refractivity contribution in [3.05, 3.63) is 23.9 Å². The zero-order valence-corrected chi connectivity index (χ0v) is 7.95. The molecule has 82 valence electrons. The first-order valence-electron chi connectivity index (χ1n) is 4.12. The molecule has 0 aliphatic rings. The lowest BCUT2D eigenvalue weighted by molar-refractivity contribution is -0.119. The number of aldehydes is 1. The van der Waals surface area contributed by atoms with Crippen molar-refractivity contribution < 1.29 is 18.0 Å². The Balaban J connectivity index is 2.90. The summed E-state index contributed by atoms with van der Waals surface area (Å²) in [5.41, 5.74) is 0.143. The van der Waals surface area contributed by atoms with Crippen molar-refractivity contribution >= 4 is 12.1 Å². The van der Waals surface area contributed by atoms with Gasteiger partial charge >= 0.3 is 6.18 Å². The van der Waals surface area contributed by atoms with Crippen LogP contribution in [0.4, 0.5) is 19.0 Å². The van der Waals surface area contributed by atoms with Crippen LogP contribution in [0.25, 0.3) is 0 Å². The van der Waals surface area contributed by atoms with Crippen LogP contribution in [-0.2, 0) is 0 Å². The van der Waals surface area contributed by atoms with E-state index in [1.165, 1.54) is 25.4 Å². The lowest BCUT2D eigenvalue weighted by Crippen LogP contribution is -2.32. The lowest BCUT2D eigenvalue weighted by atomic mass is 10.2. The van der Waals surface area contributed by atoms with Gasteiger partial charge in [-0.25, -0.2) is 4.98 Å². The average Bonchev–Trinajstić information content (AvgIpc) is 2.15. The second-order valence-electron chi connectivity index (χ2n) is 3.01. The van der Waals surface area contributed by atoms with E-state index in [4.69, 9.17) is 0 Å². The Hall–Kier alpha value is -1.59. The van der Waals surface area contributed by atoms with Crippen LogP contribution in [0.5, 0.6) is 0 Å². The molecule has 0 radical (unpaired) electrons. The van der Waals surface area contributed by atoms with E-state index < -0.39 is 12.7 Å². The summed E-state index contributed by atoms with van der Waals surface area (Å²) in [5, 5.41) is 0. The van der Waals surface area contributed by atoms with Crippen molar-refractivity contribution in [3.8, 4) is 0 Å². The molecule has 3 nitrogen and oxygen atoms in total. The molecule has 0 atom stereocenters. The van der Waals surface area contributed by atoms with Gasteiger partial charge in [0, 0.05) is 13.2 Å². The summed E-state index contributed by atoms with van der Waals surface area (Å²) < 4.78 is 36.2. The molecular formula is C9H9F3N2O. The maximum absolute atomic E-state index is 12.1. The summed E-state index contributed by atoms with van der Waals surface area (Å²) >= 11 is 0. The molecule has 0 saturated heterocycles. The predicted octanol–water partition coefficient (Wildman–Crippen LogP) is 1.89. The number of alkyl halides is 3. The van der Waals surface area contributed by atoms with Gasteiger partial charge in [-0.1, -0.05) is 0 Å². The van der Waals surface area contributed by atoms with Gasteiger partial charge in [0.1, 0.15) is 12.4 Å². The van der Waals surface area contributed by atoms with Crippen molar-refractivity contribution in [1.82, 2.24) is 4.98 Å². The number of rotatable bonds is 3. The van der Waals surface area contributed by atoms with E-state index in [9.17, 15) is 18.0 Å². The highest BCUT2D eigenvalue weighted by molar-refractivity contribution is 5.82. The SMILES string of the molecule is CN(CC(F)(F)F)c1ncccc1C=O. The van der Waals surface area contributed by atoms with Crippen LogP contribution in [0.1, 0.15) is 10.4 Å². The Kier molecular flexibility index (Phi) is 3.28. The second kappa shape index (κ2) is 4.29. The third kappa shape index (κ3) is 3.23. The Morgan fingerprint density at radius 3 is 2.73 bits per heavy atom. The number of anilines is 1. The van der Waals surface area contributed by atoms with Gasteiger partial charge in [-0.05, 0) is 12.1 Å². The molecular weight excluding hydrogens is 209 g/mol.